The third kappa shape index (κ3) is 1.54. The van der Waals surface area contributed by atoms with Crippen LogP contribution in [-0.4, -0.2) is 24.1 Å². The summed E-state index contributed by atoms with van der Waals surface area (Å²) in [6, 6.07) is 3.06. The number of rotatable bonds is 1. The van der Waals surface area contributed by atoms with E-state index in [1.165, 1.54) is 12.3 Å². The number of H-pyrrole nitrogens is 1. The third-order valence-corrected chi connectivity index (χ3v) is 3.51. The highest BCUT2D eigenvalue weighted by Crippen LogP contribution is 2.31. The maximum atomic E-state index is 12.2. The van der Waals surface area contributed by atoms with Crippen molar-refractivity contribution in [2.24, 2.45) is 0 Å². The van der Waals surface area contributed by atoms with Gasteiger partial charge in [0.1, 0.15) is 0 Å². The fraction of sp³-hybridized carbons (Fsp3) is 0.125. The van der Waals surface area contributed by atoms with Gasteiger partial charge in [-0.05, 0) is 18.2 Å². The normalized spacial score (nSPS) is 13.2. The maximum absolute atomic E-state index is 12.2. The van der Waals surface area contributed by atoms with Crippen LogP contribution < -0.4 is 0 Å². The summed E-state index contributed by atoms with van der Waals surface area (Å²) in [5.74, 6) is 0. The number of aromatic nitrogens is 2. The molecule has 1 heterocycles. The summed E-state index contributed by atoms with van der Waals surface area (Å²) in [7, 11) is -5.29. The zero-order valence-corrected chi connectivity index (χ0v) is 8.43. The molecule has 4 nitrogen and oxygen atoms in total. The van der Waals surface area contributed by atoms with Crippen molar-refractivity contribution in [3.63, 3.8) is 0 Å². The largest absolute Gasteiger partial charge is 0.501 e. The lowest BCUT2D eigenvalue weighted by Crippen LogP contribution is -2.23. The second-order valence-electron chi connectivity index (χ2n) is 3.07. The average molecular weight is 250 g/mol. The summed E-state index contributed by atoms with van der Waals surface area (Å²) in [6.45, 7) is 0. The van der Waals surface area contributed by atoms with Crippen molar-refractivity contribution in [2.45, 2.75) is 10.4 Å². The molecule has 2 aromatic rings. The molecule has 0 aliphatic rings. The molecule has 0 amide bonds. The molecule has 0 radical (unpaired) electrons. The van der Waals surface area contributed by atoms with Crippen LogP contribution in [0.1, 0.15) is 0 Å². The van der Waals surface area contributed by atoms with E-state index in [1.807, 2.05) is 0 Å². The molecular formula is C8H5F3N2O2S. The Kier molecular flexibility index (Phi) is 2.19. The molecule has 8 heteroatoms. The van der Waals surface area contributed by atoms with E-state index in [9.17, 15) is 21.6 Å². The van der Waals surface area contributed by atoms with Gasteiger partial charge in [-0.3, -0.25) is 5.10 Å². The summed E-state index contributed by atoms with van der Waals surface area (Å²) < 4.78 is 58.8. The molecule has 86 valence electrons. The molecule has 1 N–H and O–H groups in total. The van der Waals surface area contributed by atoms with Crippen molar-refractivity contribution in [3.05, 3.63) is 24.4 Å². The van der Waals surface area contributed by atoms with Crippen LogP contribution in [0.5, 0.6) is 0 Å². The van der Waals surface area contributed by atoms with Gasteiger partial charge in [0.2, 0.25) is 0 Å². The van der Waals surface area contributed by atoms with Crippen LogP contribution >= 0.6 is 0 Å². The summed E-state index contributed by atoms with van der Waals surface area (Å²) in [4.78, 5) is -0.783. The van der Waals surface area contributed by atoms with Gasteiger partial charge in [-0.2, -0.15) is 18.3 Å². The quantitative estimate of drug-likeness (QED) is 0.840. The van der Waals surface area contributed by atoms with E-state index in [2.05, 4.69) is 10.2 Å². The lowest BCUT2D eigenvalue weighted by atomic mass is 10.3. The molecule has 16 heavy (non-hydrogen) atoms. The number of hydrogen-bond acceptors (Lipinski definition) is 3. The highest BCUT2D eigenvalue weighted by molar-refractivity contribution is 7.92. The molecule has 0 spiro atoms. The summed E-state index contributed by atoms with van der Waals surface area (Å²) in [5.41, 5.74) is -4.81. The molecule has 1 aromatic carbocycles. The van der Waals surface area contributed by atoms with Gasteiger partial charge in [0.15, 0.2) is 0 Å². The SMILES string of the molecule is O=S(=O)(c1ccc2[nH]ncc2c1)C(F)(F)F. The molecule has 1 aromatic heterocycles. The van der Waals surface area contributed by atoms with Crippen LogP contribution in [0.15, 0.2) is 29.3 Å². The van der Waals surface area contributed by atoms with Crippen molar-refractivity contribution in [1.29, 1.82) is 0 Å². The zero-order chi connectivity index (χ0) is 12.0. The predicted molar refractivity (Wildman–Crippen MR) is 49.3 cm³/mol. The number of benzene rings is 1. The minimum Gasteiger partial charge on any atom is -0.278 e. The second-order valence-corrected chi connectivity index (χ2v) is 5.01. The molecule has 0 aliphatic heterocycles. The Hall–Kier alpha value is -1.57. The van der Waals surface area contributed by atoms with Crippen LogP contribution in [0.2, 0.25) is 0 Å². The number of hydrogen-bond donors (Lipinski definition) is 1. The smallest absolute Gasteiger partial charge is 0.278 e. The average Bonchev–Trinajstić information content (AvgIpc) is 2.61. The van der Waals surface area contributed by atoms with E-state index in [0.29, 0.717) is 10.9 Å². The Balaban J connectivity index is 2.64. The van der Waals surface area contributed by atoms with Crippen molar-refractivity contribution < 1.29 is 21.6 Å². The van der Waals surface area contributed by atoms with Gasteiger partial charge >= 0.3 is 5.51 Å². The highest BCUT2D eigenvalue weighted by Gasteiger charge is 2.46. The zero-order valence-electron chi connectivity index (χ0n) is 7.62. The van der Waals surface area contributed by atoms with E-state index in [0.717, 1.165) is 12.1 Å². The number of aromatic amines is 1. The minimum atomic E-state index is -5.29. The molecule has 0 aliphatic carbocycles. The summed E-state index contributed by atoms with van der Waals surface area (Å²) in [5, 5.41) is 6.41. The van der Waals surface area contributed by atoms with Crippen molar-refractivity contribution >= 4 is 20.7 Å². The predicted octanol–water partition coefficient (Wildman–Crippen LogP) is 1.86. The molecule has 0 saturated heterocycles. The highest BCUT2D eigenvalue weighted by atomic mass is 32.2. The fourth-order valence-electron chi connectivity index (χ4n) is 1.22. The van der Waals surface area contributed by atoms with Crippen molar-refractivity contribution in [3.8, 4) is 0 Å². The van der Waals surface area contributed by atoms with Crippen LogP contribution in [-0.2, 0) is 9.84 Å². The second kappa shape index (κ2) is 3.21. The Morgan fingerprint density at radius 1 is 1.25 bits per heavy atom. The van der Waals surface area contributed by atoms with E-state index < -0.39 is 20.2 Å². The number of fused-ring (bicyclic) bond motifs is 1. The van der Waals surface area contributed by atoms with E-state index in [1.54, 1.807) is 0 Å². The number of nitrogens with zero attached hydrogens (tertiary/aromatic N) is 1. The Morgan fingerprint density at radius 2 is 1.94 bits per heavy atom. The summed E-state index contributed by atoms with van der Waals surface area (Å²) >= 11 is 0. The van der Waals surface area contributed by atoms with E-state index >= 15 is 0 Å². The lowest BCUT2D eigenvalue weighted by molar-refractivity contribution is -0.0435. The first kappa shape index (κ1) is 10.9. The van der Waals surface area contributed by atoms with Gasteiger partial charge in [-0.25, -0.2) is 8.42 Å². The third-order valence-electron chi connectivity index (χ3n) is 2.03. The van der Waals surface area contributed by atoms with Crippen LogP contribution in [0, 0.1) is 0 Å². The Morgan fingerprint density at radius 3 is 2.56 bits per heavy atom. The standard InChI is InChI=1S/C8H5F3N2O2S/c9-8(10,11)16(14,15)6-1-2-7-5(3-6)4-12-13-7/h1-4H,(H,12,13). The van der Waals surface area contributed by atoms with Gasteiger partial charge in [-0.15, -0.1) is 0 Å². The molecule has 0 saturated carbocycles. The monoisotopic (exact) mass is 250 g/mol. The van der Waals surface area contributed by atoms with Crippen LogP contribution in [0.25, 0.3) is 10.9 Å². The number of halogens is 3. The molecule has 2 rings (SSSR count). The summed E-state index contributed by atoms with van der Waals surface area (Å²) in [6.07, 6.45) is 1.25. The van der Waals surface area contributed by atoms with Crippen LogP contribution in [0.3, 0.4) is 0 Å². The topological polar surface area (TPSA) is 62.8 Å². The number of alkyl halides is 3. The molecule has 0 fully saturated rings. The van der Waals surface area contributed by atoms with Gasteiger partial charge in [-0.1, -0.05) is 0 Å². The Labute approximate surface area is 88.0 Å². The van der Waals surface area contributed by atoms with E-state index in [4.69, 9.17) is 0 Å². The fourth-order valence-corrected chi connectivity index (χ4v) is 2.02. The molecule has 0 atom stereocenters. The number of sulfone groups is 1. The van der Waals surface area contributed by atoms with Gasteiger partial charge in [0, 0.05) is 5.39 Å². The lowest BCUT2D eigenvalue weighted by Gasteiger charge is -2.07. The number of nitrogens with one attached hydrogen (secondary N) is 1. The van der Waals surface area contributed by atoms with Gasteiger partial charge < -0.3 is 0 Å². The van der Waals surface area contributed by atoms with Crippen LogP contribution in [0.4, 0.5) is 13.2 Å². The molecule has 0 unspecified atom stereocenters. The minimum absolute atomic E-state index is 0.310. The van der Waals surface area contributed by atoms with Crippen molar-refractivity contribution in [2.75, 3.05) is 0 Å². The molecular weight excluding hydrogens is 245 g/mol. The van der Waals surface area contributed by atoms with Gasteiger partial charge in [0.05, 0.1) is 16.6 Å². The molecule has 0 bridgehead atoms. The Bertz CT molecular complexity index is 630. The van der Waals surface area contributed by atoms with E-state index in [-0.39, 0.29) is 0 Å². The van der Waals surface area contributed by atoms with Gasteiger partial charge in [0.25, 0.3) is 9.84 Å². The first-order valence-electron chi connectivity index (χ1n) is 4.07. The maximum Gasteiger partial charge on any atom is 0.501 e. The van der Waals surface area contributed by atoms with Crippen molar-refractivity contribution in [1.82, 2.24) is 10.2 Å². The first-order chi connectivity index (χ1) is 7.32. The first-order valence-corrected chi connectivity index (χ1v) is 5.55.